The number of aromatic nitrogens is 3. The minimum atomic E-state index is -2.71. The van der Waals surface area contributed by atoms with Gasteiger partial charge in [-0.2, -0.15) is 9.78 Å². The molecule has 0 atom stereocenters. The zero-order valence-electron chi connectivity index (χ0n) is 14.5. The van der Waals surface area contributed by atoms with Gasteiger partial charge >= 0.3 is 0 Å². The lowest BCUT2D eigenvalue weighted by molar-refractivity contribution is 0.280. The van der Waals surface area contributed by atoms with Crippen LogP contribution in [-0.2, 0) is 20.9 Å². The minimum Gasteiger partial charge on any atom is -0.322 e. The van der Waals surface area contributed by atoms with Crippen LogP contribution in [0.25, 0.3) is 0 Å². The molecular formula is C15H18ClN4O3PS2. The van der Waals surface area contributed by atoms with E-state index in [0.29, 0.717) is 18.2 Å². The van der Waals surface area contributed by atoms with Crippen LogP contribution in [0.2, 0.25) is 5.02 Å². The predicted octanol–water partition coefficient (Wildman–Crippen LogP) is 3.87. The molecule has 0 spiro atoms. The summed E-state index contributed by atoms with van der Waals surface area (Å²) in [6.45, 7) is 6.00. The van der Waals surface area contributed by atoms with Crippen molar-refractivity contribution < 1.29 is 9.05 Å². The van der Waals surface area contributed by atoms with Gasteiger partial charge in [-0.1, -0.05) is 23.7 Å². The predicted molar refractivity (Wildman–Crippen MR) is 109 cm³/mol. The Bertz CT molecular complexity index is 879. The van der Waals surface area contributed by atoms with E-state index in [1.54, 1.807) is 31.2 Å². The summed E-state index contributed by atoms with van der Waals surface area (Å²) in [6.07, 6.45) is 1.54. The smallest absolute Gasteiger partial charge is 0.296 e. The Morgan fingerprint density at radius 3 is 2.46 bits per heavy atom. The van der Waals surface area contributed by atoms with Gasteiger partial charge in [0.05, 0.1) is 19.4 Å². The van der Waals surface area contributed by atoms with Crippen molar-refractivity contribution in [2.45, 2.75) is 25.9 Å². The van der Waals surface area contributed by atoms with Gasteiger partial charge < -0.3 is 9.05 Å². The third kappa shape index (κ3) is 5.70. The van der Waals surface area contributed by atoms with Gasteiger partial charge in [0.2, 0.25) is 5.16 Å². The van der Waals surface area contributed by atoms with Crippen LogP contribution in [0.3, 0.4) is 0 Å². The molecule has 0 fully saturated rings. The molecule has 7 nitrogen and oxygen atoms in total. The fourth-order valence-corrected chi connectivity index (χ4v) is 6.33. The van der Waals surface area contributed by atoms with Gasteiger partial charge in [0, 0.05) is 16.4 Å². The third-order valence-electron chi connectivity index (χ3n) is 2.93. The molecule has 0 aliphatic rings. The standard InChI is InChI=1S/C15H18ClN4O3PS2/c1-4-22-24(25,23-5-2)26-15-19-18-11(3)14(21)20(15)17-10-12-6-8-13(16)9-7-12/h6-10H,4-5H2,1-3H3/b17-10+. The normalized spacial score (nSPS) is 12.0. The maximum absolute atomic E-state index is 12.5. The summed E-state index contributed by atoms with van der Waals surface area (Å²) in [5.41, 5.74) is -2.09. The van der Waals surface area contributed by atoms with Gasteiger partial charge in [-0.25, -0.2) is 0 Å². The van der Waals surface area contributed by atoms with E-state index < -0.39 is 5.69 Å². The summed E-state index contributed by atoms with van der Waals surface area (Å²) in [5.74, 6) is 0. The van der Waals surface area contributed by atoms with Crippen molar-refractivity contribution in [3.05, 3.63) is 50.9 Å². The molecule has 11 heteroatoms. The fraction of sp³-hybridized carbons (Fsp3) is 0.333. The molecule has 0 unspecified atom stereocenters. The number of nitrogens with zero attached hydrogens (tertiary/aromatic N) is 4. The van der Waals surface area contributed by atoms with Crippen molar-refractivity contribution in [2.75, 3.05) is 13.2 Å². The molecule has 140 valence electrons. The van der Waals surface area contributed by atoms with Gasteiger partial charge in [0.25, 0.3) is 11.3 Å². The average molecular weight is 433 g/mol. The van der Waals surface area contributed by atoms with Crippen LogP contribution in [0.5, 0.6) is 0 Å². The summed E-state index contributed by atoms with van der Waals surface area (Å²) < 4.78 is 12.3. The van der Waals surface area contributed by atoms with Crippen LogP contribution >= 0.6 is 28.7 Å². The second-order valence-corrected chi connectivity index (χ2v) is 11.4. The number of rotatable bonds is 8. The van der Waals surface area contributed by atoms with E-state index in [9.17, 15) is 4.79 Å². The Morgan fingerprint density at radius 1 is 1.27 bits per heavy atom. The number of hydrogen-bond acceptors (Lipinski definition) is 8. The molecule has 2 rings (SSSR count). The Labute approximate surface area is 165 Å². The van der Waals surface area contributed by atoms with E-state index in [1.165, 1.54) is 6.21 Å². The first-order chi connectivity index (χ1) is 12.4. The Morgan fingerprint density at radius 2 is 1.88 bits per heavy atom. The lowest BCUT2D eigenvalue weighted by Crippen LogP contribution is -2.23. The van der Waals surface area contributed by atoms with Gasteiger partial charge in [0.15, 0.2) is 0 Å². The van der Waals surface area contributed by atoms with E-state index in [-0.39, 0.29) is 16.4 Å². The summed E-state index contributed by atoms with van der Waals surface area (Å²) >= 11 is 12.4. The molecule has 0 saturated heterocycles. The van der Waals surface area contributed by atoms with Crippen molar-refractivity contribution in [1.82, 2.24) is 14.9 Å². The molecule has 1 aromatic heterocycles. The monoisotopic (exact) mass is 432 g/mol. The maximum atomic E-state index is 12.5. The van der Waals surface area contributed by atoms with Gasteiger partial charge in [0.1, 0.15) is 5.69 Å². The molecule has 0 aliphatic heterocycles. The van der Waals surface area contributed by atoms with Crippen LogP contribution in [-0.4, -0.2) is 34.3 Å². The minimum absolute atomic E-state index is 0.219. The van der Waals surface area contributed by atoms with Gasteiger partial charge in [-0.3, -0.25) is 4.79 Å². The van der Waals surface area contributed by atoms with E-state index >= 15 is 0 Å². The topological polar surface area (TPSA) is 78.6 Å². The van der Waals surface area contributed by atoms with E-state index in [2.05, 4.69) is 15.3 Å². The molecule has 0 bridgehead atoms. The highest BCUT2D eigenvalue weighted by molar-refractivity contribution is 8.67. The van der Waals surface area contributed by atoms with Crippen LogP contribution in [0.4, 0.5) is 0 Å². The zero-order valence-corrected chi connectivity index (χ0v) is 17.7. The maximum Gasteiger partial charge on any atom is 0.296 e. The second-order valence-electron chi connectivity index (χ2n) is 4.86. The Kier molecular flexibility index (Phi) is 7.94. The van der Waals surface area contributed by atoms with Crippen LogP contribution < -0.4 is 5.56 Å². The number of benzene rings is 1. The summed E-state index contributed by atoms with van der Waals surface area (Å²) in [5, 5.41) is 13.0. The van der Waals surface area contributed by atoms with Crippen LogP contribution in [0.15, 0.2) is 39.3 Å². The summed E-state index contributed by atoms with van der Waals surface area (Å²) in [4.78, 5) is 12.5. The van der Waals surface area contributed by atoms with Crippen molar-refractivity contribution >= 4 is 46.7 Å². The molecule has 1 heterocycles. The van der Waals surface area contributed by atoms with Gasteiger partial charge in [-0.05, 0) is 50.3 Å². The molecule has 0 aliphatic carbocycles. The quantitative estimate of drug-likeness (QED) is 0.462. The molecule has 26 heavy (non-hydrogen) atoms. The number of halogens is 1. The lowest BCUT2D eigenvalue weighted by Gasteiger charge is -2.19. The van der Waals surface area contributed by atoms with E-state index in [4.69, 9.17) is 32.5 Å². The lowest BCUT2D eigenvalue weighted by atomic mass is 10.2. The molecule has 0 saturated carbocycles. The molecule has 0 amide bonds. The highest BCUT2D eigenvalue weighted by Gasteiger charge is 2.24. The third-order valence-corrected chi connectivity index (χ3v) is 8.07. The first-order valence-corrected chi connectivity index (χ1v) is 12.2. The first kappa shape index (κ1) is 21.2. The summed E-state index contributed by atoms with van der Waals surface area (Å²) in [7, 11) is 0. The zero-order chi connectivity index (χ0) is 19.2. The largest absolute Gasteiger partial charge is 0.322 e. The molecule has 0 radical (unpaired) electrons. The fourth-order valence-electron chi connectivity index (χ4n) is 1.78. The second kappa shape index (κ2) is 9.73. The Hall–Kier alpha value is -1.09. The Balaban J connectivity index is 2.41. The molecule has 1 aromatic carbocycles. The molecular weight excluding hydrogens is 415 g/mol. The van der Waals surface area contributed by atoms with Crippen LogP contribution in [0.1, 0.15) is 25.1 Å². The number of hydrogen-bond donors (Lipinski definition) is 0. The molecule has 0 N–H and O–H groups in total. The highest BCUT2D eigenvalue weighted by Crippen LogP contribution is 2.63. The highest BCUT2D eigenvalue weighted by atomic mass is 35.5. The van der Waals surface area contributed by atoms with Crippen molar-refractivity contribution in [3.63, 3.8) is 0 Å². The SMILES string of the molecule is CCOP(=S)(OCC)Sc1nnc(C)c(=O)n1/N=C/c1ccc(Cl)cc1. The number of aryl methyl sites for hydroxylation is 1. The van der Waals surface area contributed by atoms with Crippen molar-refractivity contribution in [2.24, 2.45) is 5.10 Å². The van der Waals surface area contributed by atoms with Gasteiger partial charge in [-0.15, -0.1) is 10.2 Å². The summed E-state index contributed by atoms with van der Waals surface area (Å²) in [6, 6.07) is 7.05. The van der Waals surface area contributed by atoms with E-state index in [1.807, 2.05) is 13.8 Å². The average Bonchev–Trinajstić information content (AvgIpc) is 2.60. The first-order valence-electron chi connectivity index (χ1n) is 7.73. The van der Waals surface area contributed by atoms with Crippen LogP contribution in [0, 0.1) is 6.92 Å². The van der Waals surface area contributed by atoms with Crippen molar-refractivity contribution in [1.29, 1.82) is 0 Å². The molecule has 2 aromatic rings. The van der Waals surface area contributed by atoms with E-state index in [0.717, 1.165) is 21.6 Å². The van der Waals surface area contributed by atoms with Crippen molar-refractivity contribution in [3.8, 4) is 0 Å².